The molecule has 2 nitrogen and oxygen atoms in total. The summed E-state index contributed by atoms with van der Waals surface area (Å²) in [6.07, 6.45) is 2.13. The van der Waals surface area contributed by atoms with Gasteiger partial charge < -0.3 is 10.6 Å². The molecule has 0 unspecified atom stereocenters. The van der Waals surface area contributed by atoms with Gasteiger partial charge in [-0.05, 0) is 43.6 Å². The zero-order chi connectivity index (χ0) is 11.4. The van der Waals surface area contributed by atoms with Crippen LogP contribution in [0.4, 0.5) is 8.78 Å². The van der Waals surface area contributed by atoms with E-state index in [1.807, 2.05) is 0 Å². The first-order chi connectivity index (χ1) is 7.74. The predicted octanol–water partition coefficient (Wildman–Crippen LogP) is 1.81. The maximum Gasteiger partial charge on any atom is 0.126 e. The van der Waals surface area contributed by atoms with Crippen LogP contribution < -0.4 is 10.6 Å². The summed E-state index contributed by atoms with van der Waals surface area (Å²) in [5.41, 5.74) is 0.663. The number of hydrogen-bond acceptors (Lipinski definition) is 2. The van der Waals surface area contributed by atoms with E-state index in [1.54, 1.807) is 0 Å². The number of hydrogen-bond donors (Lipinski definition) is 2. The second kappa shape index (κ2) is 5.37. The molecule has 1 aromatic carbocycles. The van der Waals surface area contributed by atoms with E-state index in [0.29, 0.717) is 18.2 Å². The predicted molar refractivity (Wildman–Crippen MR) is 59.1 cm³/mol. The van der Waals surface area contributed by atoms with Crippen LogP contribution in [0.5, 0.6) is 0 Å². The van der Waals surface area contributed by atoms with Crippen molar-refractivity contribution >= 4 is 0 Å². The largest absolute Gasteiger partial charge is 0.317 e. The van der Waals surface area contributed by atoms with E-state index in [4.69, 9.17) is 0 Å². The molecule has 16 heavy (non-hydrogen) atoms. The average molecular weight is 226 g/mol. The molecule has 0 atom stereocenters. The SMILES string of the molecule is Fc1cc(F)cc(CNC2CCNCC2)c1. The molecule has 1 aliphatic heterocycles. The summed E-state index contributed by atoms with van der Waals surface area (Å²) in [7, 11) is 0. The Labute approximate surface area is 94.0 Å². The lowest BCUT2D eigenvalue weighted by atomic mass is 10.1. The van der Waals surface area contributed by atoms with Crippen molar-refractivity contribution in [1.29, 1.82) is 0 Å². The minimum Gasteiger partial charge on any atom is -0.317 e. The first kappa shape index (κ1) is 11.5. The minimum absolute atomic E-state index is 0.451. The van der Waals surface area contributed by atoms with Gasteiger partial charge in [-0.15, -0.1) is 0 Å². The van der Waals surface area contributed by atoms with E-state index in [1.165, 1.54) is 12.1 Å². The Balaban J connectivity index is 1.88. The fourth-order valence-electron chi connectivity index (χ4n) is 2.00. The van der Waals surface area contributed by atoms with Gasteiger partial charge in [-0.2, -0.15) is 0 Å². The Morgan fingerprint density at radius 3 is 2.38 bits per heavy atom. The molecule has 0 amide bonds. The van der Waals surface area contributed by atoms with Gasteiger partial charge in [-0.3, -0.25) is 0 Å². The Morgan fingerprint density at radius 2 is 1.75 bits per heavy atom. The molecule has 88 valence electrons. The van der Waals surface area contributed by atoms with E-state index in [9.17, 15) is 8.78 Å². The van der Waals surface area contributed by atoms with E-state index in [0.717, 1.165) is 32.0 Å². The molecule has 0 radical (unpaired) electrons. The molecular formula is C12H16F2N2. The zero-order valence-corrected chi connectivity index (χ0v) is 9.10. The van der Waals surface area contributed by atoms with E-state index in [2.05, 4.69) is 10.6 Å². The number of benzene rings is 1. The first-order valence-electron chi connectivity index (χ1n) is 5.63. The fraction of sp³-hybridized carbons (Fsp3) is 0.500. The third-order valence-corrected chi connectivity index (χ3v) is 2.86. The number of piperidine rings is 1. The molecule has 0 bridgehead atoms. The highest BCUT2D eigenvalue weighted by Crippen LogP contribution is 2.09. The van der Waals surface area contributed by atoms with Gasteiger partial charge in [-0.25, -0.2) is 8.78 Å². The summed E-state index contributed by atoms with van der Waals surface area (Å²) in [6.45, 7) is 2.55. The smallest absolute Gasteiger partial charge is 0.126 e. The van der Waals surface area contributed by atoms with Gasteiger partial charge in [-0.1, -0.05) is 0 Å². The Morgan fingerprint density at radius 1 is 1.12 bits per heavy atom. The summed E-state index contributed by atoms with van der Waals surface area (Å²) in [5.74, 6) is -1.02. The highest BCUT2D eigenvalue weighted by molar-refractivity contribution is 5.17. The van der Waals surface area contributed by atoms with Crippen molar-refractivity contribution in [3.63, 3.8) is 0 Å². The summed E-state index contributed by atoms with van der Waals surface area (Å²) in [6, 6.07) is 4.09. The lowest BCUT2D eigenvalue weighted by Gasteiger charge is -2.23. The lowest BCUT2D eigenvalue weighted by Crippen LogP contribution is -2.39. The maximum absolute atomic E-state index is 12.9. The molecule has 0 spiro atoms. The van der Waals surface area contributed by atoms with Gasteiger partial charge in [0.2, 0.25) is 0 Å². The van der Waals surface area contributed by atoms with Crippen LogP contribution in [0.3, 0.4) is 0 Å². The van der Waals surface area contributed by atoms with Crippen molar-refractivity contribution in [3.8, 4) is 0 Å². The molecule has 1 heterocycles. The highest BCUT2D eigenvalue weighted by Gasteiger charge is 2.12. The topological polar surface area (TPSA) is 24.1 Å². The summed E-state index contributed by atoms with van der Waals surface area (Å²) in [5, 5.41) is 6.59. The van der Waals surface area contributed by atoms with Crippen molar-refractivity contribution in [2.45, 2.75) is 25.4 Å². The zero-order valence-electron chi connectivity index (χ0n) is 9.10. The molecule has 1 fully saturated rings. The van der Waals surface area contributed by atoms with Crippen molar-refractivity contribution < 1.29 is 8.78 Å². The van der Waals surface area contributed by atoms with Gasteiger partial charge in [0.05, 0.1) is 0 Å². The average Bonchev–Trinajstić information content (AvgIpc) is 2.27. The highest BCUT2D eigenvalue weighted by atomic mass is 19.1. The molecular weight excluding hydrogens is 210 g/mol. The molecule has 4 heteroatoms. The molecule has 2 rings (SSSR count). The van der Waals surface area contributed by atoms with Crippen LogP contribution >= 0.6 is 0 Å². The van der Waals surface area contributed by atoms with Crippen LogP contribution in [0.2, 0.25) is 0 Å². The molecule has 1 aromatic rings. The first-order valence-corrected chi connectivity index (χ1v) is 5.63. The number of rotatable bonds is 3. The van der Waals surface area contributed by atoms with Crippen LogP contribution in [0, 0.1) is 11.6 Å². The number of halogens is 2. The van der Waals surface area contributed by atoms with Gasteiger partial charge in [0.15, 0.2) is 0 Å². The lowest BCUT2D eigenvalue weighted by molar-refractivity contribution is 0.386. The molecule has 0 aliphatic carbocycles. The second-order valence-electron chi connectivity index (χ2n) is 4.18. The molecule has 2 N–H and O–H groups in total. The summed E-state index contributed by atoms with van der Waals surface area (Å²) < 4.78 is 25.8. The van der Waals surface area contributed by atoms with E-state index < -0.39 is 11.6 Å². The van der Waals surface area contributed by atoms with Crippen LogP contribution in [-0.2, 0) is 6.54 Å². The fourth-order valence-corrected chi connectivity index (χ4v) is 2.00. The Kier molecular flexibility index (Phi) is 3.85. The van der Waals surface area contributed by atoms with Crippen LogP contribution in [0.15, 0.2) is 18.2 Å². The van der Waals surface area contributed by atoms with E-state index in [-0.39, 0.29) is 0 Å². The van der Waals surface area contributed by atoms with Crippen LogP contribution in [-0.4, -0.2) is 19.1 Å². The van der Waals surface area contributed by atoms with Crippen LogP contribution in [0.1, 0.15) is 18.4 Å². The quantitative estimate of drug-likeness (QED) is 0.821. The van der Waals surface area contributed by atoms with Gasteiger partial charge >= 0.3 is 0 Å². The molecule has 0 saturated carbocycles. The normalized spacial score (nSPS) is 17.6. The van der Waals surface area contributed by atoms with Gasteiger partial charge in [0, 0.05) is 18.7 Å². The van der Waals surface area contributed by atoms with Crippen molar-refractivity contribution in [3.05, 3.63) is 35.4 Å². The van der Waals surface area contributed by atoms with Crippen molar-refractivity contribution in [2.24, 2.45) is 0 Å². The van der Waals surface area contributed by atoms with Crippen LogP contribution in [0.25, 0.3) is 0 Å². The molecule has 0 aromatic heterocycles. The minimum atomic E-state index is -0.512. The third-order valence-electron chi connectivity index (χ3n) is 2.86. The maximum atomic E-state index is 12.9. The van der Waals surface area contributed by atoms with Gasteiger partial charge in [0.25, 0.3) is 0 Å². The second-order valence-corrected chi connectivity index (χ2v) is 4.18. The Bertz CT molecular complexity index is 329. The van der Waals surface area contributed by atoms with Crippen molar-refractivity contribution in [1.82, 2.24) is 10.6 Å². The van der Waals surface area contributed by atoms with Gasteiger partial charge in [0.1, 0.15) is 11.6 Å². The molecule has 1 aliphatic rings. The Hall–Kier alpha value is -1.00. The molecule has 1 saturated heterocycles. The standard InChI is InChI=1S/C12H16F2N2/c13-10-5-9(6-11(14)7-10)8-16-12-1-3-15-4-2-12/h5-7,12,15-16H,1-4,8H2. The summed E-state index contributed by atoms with van der Waals surface area (Å²) in [4.78, 5) is 0. The monoisotopic (exact) mass is 226 g/mol. The van der Waals surface area contributed by atoms with E-state index >= 15 is 0 Å². The number of nitrogens with one attached hydrogen (secondary N) is 2. The third kappa shape index (κ3) is 3.25. The van der Waals surface area contributed by atoms with Crippen molar-refractivity contribution in [2.75, 3.05) is 13.1 Å². The summed E-state index contributed by atoms with van der Waals surface area (Å²) >= 11 is 0.